The number of hydrogen-bond donors (Lipinski definition) is 0. The fourth-order valence-corrected chi connectivity index (χ4v) is 2.95. The van der Waals surface area contributed by atoms with Crippen molar-refractivity contribution in [2.45, 2.75) is 67.2 Å². The maximum Gasteiger partial charge on any atom is 0.309 e. The van der Waals surface area contributed by atoms with E-state index in [-0.39, 0.29) is 24.3 Å². The Labute approximate surface area is 135 Å². The third-order valence-electron chi connectivity index (χ3n) is 4.20. The van der Waals surface area contributed by atoms with Gasteiger partial charge in [-0.15, -0.1) is 0 Å². The van der Waals surface area contributed by atoms with Crippen LogP contribution in [0.3, 0.4) is 0 Å². The summed E-state index contributed by atoms with van der Waals surface area (Å²) in [6.07, 6.45) is 3.18. The molecule has 0 fully saturated rings. The van der Waals surface area contributed by atoms with E-state index in [1.807, 2.05) is 0 Å². The molecule has 4 heteroatoms. The molecule has 4 nitrogen and oxygen atoms in total. The van der Waals surface area contributed by atoms with Crippen molar-refractivity contribution < 1.29 is 19.1 Å². The van der Waals surface area contributed by atoms with Crippen LogP contribution in [0.1, 0.15) is 67.2 Å². The van der Waals surface area contributed by atoms with E-state index >= 15 is 0 Å². The zero-order valence-corrected chi connectivity index (χ0v) is 15.2. The summed E-state index contributed by atoms with van der Waals surface area (Å²) in [5.74, 6) is 0.213. The SMILES string of the molecule is CCOC(=O)CC(C(=O)OCC)C(CC)C(C)CCC(C)C. The molecule has 3 atom stereocenters. The highest BCUT2D eigenvalue weighted by molar-refractivity contribution is 5.80. The Balaban J connectivity index is 4.97. The molecule has 0 rings (SSSR count). The first kappa shape index (κ1) is 20.9. The third kappa shape index (κ3) is 7.81. The lowest BCUT2D eigenvalue weighted by Gasteiger charge is -2.29. The van der Waals surface area contributed by atoms with Crippen LogP contribution in [0.15, 0.2) is 0 Å². The van der Waals surface area contributed by atoms with Gasteiger partial charge in [-0.25, -0.2) is 0 Å². The van der Waals surface area contributed by atoms with Crippen LogP contribution in [0, 0.1) is 23.7 Å². The molecule has 0 aromatic heterocycles. The summed E-state index contributed by atoms with van der Waals surface area (Å²) in [6.45, 7) is 12.9. The van der Waals surface area contributed by atoms with Gasteiger partial charge in [0.15, 0.2) is 0 Å². The van der Waals surface area contributed by atoms with E-state index in [2.05, 4.69) is 27.7 Å². The van der Waals surface area contributed by atoms with E-state index in [4.69, 9.17) is 9.47 Å². The van der Waals surface area contributed by atoms with Gasteiger partial charge in [0, 0.05) is 0 Å². The highest BCUT2D eigenvalue weighted by Crippen LogP contribution is 2.32. The van der Waals surface area contributed by atoms with Gasteiger partial charge in [-0.3, -0.25) is 9.59 Å². The van der Waals surface area contributed by atoms with Gasteiger partial charge in [0.1, 0.15) is 0 Å². The van der Waals surface area contributed by atoms with Crippen molar-refractivity contribution in [3.63, 3.8) is 0 Å². The maximum absolute atomic E-state index is 12.3. The zero-order chi connectivity index (χ0) is 17.1. The molecular weight excluding hydrogens is 280 g/mol. The molecule has 0 aliphatic rings. The fraction of sp³-hybridized carbons (Fsp3) is 0.889. The number of hydrogen-bond acceptors (Lipinski definition) is 4. The van der Waals surface area contributed by atoms with Crippen LogP contribution >= 0.6 is 0 Å². The second kappa shape index (κ2) is 11.5. The Kier molecular flexibility index (Phi) is 10.9. The van der Waals surface area contributed by atoms with Crippen molar-refractivity contribution in [1.29, 1.82) is 0 Å². The first-order chi connectivity index (χ1) is 10.4. The van der Waals surface area contributed by atoms with E-state index in [0.29, 0.717) is 25.0 Å². The first-order valence-electron chi connectivity index (χ1n) is 8.69. The average molecular weight is 314 g/mol. The van der Waals surface area contributed by atoms with Crippen molar-refractivity contribution >= 4 is 11.9 Å². The van der Waals surface area contributed by atoms with Gasteiger partial charge in [0.05, 0.1) is 25.6 Å². The van der Waals surface area contributed by atoms with E-state index < -0.39 is 5.92 Å². The Bertz CT molecular complexity index is 325. The summed E-state index contributed by atoms with van der Waals surface area (Å²) in [4.78, 5) is 24.1. The van der Waals surface area contributed by atoms with Crippen LogP contribution < -0.4 is 0 Å². The quantitative estimate of drug-likeness (QED) is 0.536. The van der Waals surface area contributed by atoms with Crippen molar-refractivity contribution in [1.82, 2.24) is 0 Å². The first-order valence-corrected chi connectivity index (χ1v) is 8.69. The maximum atomic E-state index is 12.3. The molecule has 22 heavy (non-hydrogen) atoms. The highest BCUT2D eigenvalue weighted by atomic mass is 16.5. The summed E-state index contributed by atoms with van der Waals surface area (Å²) in [5.41, 5.74) is 0. The van der Waals surface area contributed by atoms with Crippen molar-refractivity contribution in [3.05, 3.63) is 0 Å². The minimum absolute atomic E-state index is 0.122. The van der Waals surface area contributed by atoms with Crippen LogP contribution in [0.2, 0.25) is 0 Å². The largest absolute Gasteiger partial charge is 0.466 e. The molecule has 0 radical (unpaired) electrons. The lowest BCUT2D eigenvalue weighted by Crippen LogP contribution is -2.32. The molecule has 0 amide bonds. The molecule has 0 aromatic carbocycles. The summed E-state index contributed by atoms with van der Waals surface area (Å²) in [6, 6.07) is 0. The number of carbonyl (C=O) groups is 2. The van der Waals surface area contributed by atoms with Gasteiger partial charge in [-0.05, 0) is 31.6 Å². The monoisotopic (exact) mass is 314 g/mol. The molecule has 130 valence electrons. The van der Waals surface area contributed by atoms with Crippen molar-refractivity contribution in [2.75, 3.05) is 13.2 Å². The highest BCUT2D eigenvalue weighted by Gasteiger charge is 2.34. The molecule has 3 unspecified atom stereocenters. The number of carbonyl (C=O) groups excluding carboxylic acids is 2. The predicted octanol–water partition coefficient (Wildman–Crippen LogP) is 4.22. The van der Waals surface area contributed by atoms with E-state index in [1.54, 1.807) is 13.8 Å². The smallest absolute Gasteiger partial charge is 0.309 e. The Morgan fingerprint density at radius 1 is 0.909 bits per heavy atom. The zero-order valence-electron chi connectivity index (χ0n) is 15.2. The van der Waals surface area contributed by atoms with E-state index in [1.165, 1.54) is 0 Å². The van der Waals surface area contributed by atoms with Crippen LogP contribution in [0.25, 0.3) is 0 Å². The van der Waals surface area contributed by atoms with Crippen molar-refractivity contribution in [3.8, 4) is 0 Å². The number of esters is 2. The van der Waals surface area contributed by atoms with Crippen molar-refractivity contribution in [2.24, 2.45) is 23.7 Å². The Morgan fingerprint density at radius 2 is 1.50 bits per heavy atom. The molecular formula is C18H34O4. The number of ether oxygens (including phenoxy) is 2. The summed E-state index contributed by atoms with van der Waals surface area (Å²) in [7, 11) is 0. The van der Waals surface area contributed by atoms with Crippen LogP contribution in [-0.2, 0) is 19.1 Å². The van der Waals surface area contributed by atoms with Gasteiger partial charge in [-0.2, -0.15) is 0 Å². The molecule has 0 spiro atoms. The Morgan fingerprint density at radius 3 is 1.95 bits per heavy atom. The molecule has 0 saturated heterocycles. The standard InChI is InChI=1S/C18H34O4/c1-7-15(14(6)11-10-13(4)5)16(18(20)22-9-3)12-17(19)21-8-2/h13-16H,7-12H2,1-6H3. The van der Waals surface area contributed by atoms with E-state index in [9.17, 15) is 9.59 Å². The minimum atomic E-state index is -0.397. The van der Waals surface area contributed by atoms with Gasteiger partial charge >= 0.3 is 11.9 Å². The van der Waals surface area contributed by atoms with Gasteiger partial charge < -0.3 is 9.47 Å². The average Bonchev–Trinajstić information content (AvgIpc) is 2.45. The van der Waals surface area contributed by atoms with Crippen LogP contribution in [0.4, 0.5) is 0 Å². The third-order valence-corrected chi connectivity index (χ3v) is 4.20. The van der Waals surface area contributed by atoms with Crippen LogP contribution in [-0.4, -0.2) is 25.2 Å². The van der Waals surface area contributed by atoms with Gasteiger partial charge in [-0.1, -0.05) is 47.0 Å². The fourth-order valence-electron chi connectivity index (χ4n) is 2.95. The van der Waals surface area contributed by atoms with Gasteiger partial charge in [0.2, 0.25) is 0 Å². The molecule has 0 aliphatic carbocycles. The Hall–Kier alpha value is -1.06. The van der Waals surface area contributed by atoms with Crippen LogP contribution in [0.5, 0.6) is 0 Å². The molecule has 0 aromatic rings. The summed E-state index contributed by atoms with van der Waals surface area (Å²) < 4.78 is 10.2. The molecule has 0 saturated carbocycles. The molecule has 0 bridgehead atoms. The molecule has 0 heterocycles. The van der Waals surface area contributed by atoms with Gasteiger partial charge in [0.25, 0.3) is 0 Å². The lowest BCUT2D eigenvalue weighted by atomic mass is 9.76. The number of rotatable bonds is 11. The lowest BCUT2D eigenvalue weighted by molar-refractivity contribution is -0.157. The second-order valence-electron chi connectivity index (χ2n) is 6.39. The molecule has 0 aliphatic heterocycles. The van der Waals surface area contributed by atoms with E-state index in [0.717, 1.165) is 19.3 Å². The summed E-state index contributed by atoms with van der Waals surface area (Å²) in [5, 5.41) is 0. The normalized spacial score (nSPS) is 15.2. The second-order valence-corrected chi connectivity index (χ2v) is 6.39. The minimum Gasteiger partial charge on any atom is -0.466 e. The summed E-state index contributed by atoms with van der Waals surface area (Å²) >= 11 is 0. The predicted molar refractivity (Wildman–Crippen MR) is 88.4 cm³/mol. The topological polar surface area (TPSA) is 52.6 Å². The molecule has 0 N–H and O–H groups in total.